The van der Waals surface area contributed by atoms with Crippen LogP contribution in [-0.2, 0) is 42.1 Å². The summed E-state index contributed by atoms with van der Waals surface area (Å²) in [5, 5.41) is 19.3. The molecule has 2 rings (SSSR count). The second-order valence-electron chi connectivity index (χ2n) is 9.79. The summed E-state index contributed by atoms with van der Waals surface area (Å²) in [6.07, 6.45) is 4.41. The van der Waals surface area contributed by atoms with Crippen molar-refractivity contribution in [3.8, 4) is 0 Å². The number of methoxy groups -OCH3 is 2. The molecule has 0 aliphatic heterocycles. The van der Waals surface area contributed by atoms with Crippen LogP contribution >= 0.6 is 93.1 Å². The number of aryl methyl sites for hydroxylation is 4. The van der Waals surface area contributed by atoms with Crippen molar-refractivity contribution in [2.75, 3.05) is 38.2 Å². The van der Waals surface area contributed by atoms with E-state index in [4.69, 9.17) is 85.2 Å². The van der Waals surface area contributed by atoms with Crippen LogP contribution in [0, 0.1) is 27.7 Å². The fourth-order valence-electron chi connectivity index (χ4n) is 3.23. The topological polar surface area (TPSA) is 190 Å². The van der Waals surface area contributed by atoms with Crippen LogP contribution in [0.15, 0.2) is 12.1 Å². The molecule has 0 aliphatic carbocycles. The molecule has 51 heavy (non-hydrogen) atoms. The summed E-state index contributed by atoms with van der Waals surface area (Å²) in [5.74, 6) is -0.260. The van der Waals surface area contributed by atoms with Crippen LogP contribution in [0.3, 0.4) is 0 Å². The number of rotatable bonds is 12. The predicted molar refractivity (Wildman–Crippen MR) is 209 cm³/mol. The van der Waals surface area contributed by atoms with Gasteiger partial charge in [-0.15, -0.1) is 0 Å². The van der Waals surface area contributed by atoms with Crippen molar-refractivity contribution in [1.82, 2.24) is 24.9 Å². The molecule has 296 valence electrons. The number of alkyl carbamates (subject to hydrolysis) is 1. The number of aliphatic hydroxyl groups excluding tert-OH is 1. The molecule has 2 aromatic heterocycles. The van der Waals surface area contributed by atoms with Crippen LogP contribution < -0.4 is 11.1 Å². The molecule has 0 spiro atoms. The van der Waals surface area contributed by atoms with Crippen molar-refractivity contribution in [1.29, 1.82) is 0 Å². The molecule has 0 fully saturated rings. The largest absolute Gasteiger partial charge is 0.468 e. The summed E-state index contributed by atoms with van der Waals surface area (Å²) in [7, 11) is 2.64. The van der Waals surface area contributed by atoms with Gasteiger partial charge in [-0.25, -0.2) is 19.0 Å². The SMILES string of the molecule is C.COC(=O)[C@@H](N)CCSC.COC(=O)[C@H](CCSC)NC(=O)OCn1nc(C)cc1C.Cc1cc(C)n(CO)n1.O=C(C(Cl)(Cl)Cl)C(Cl)(Cl)Cl. The number of nitrogens with two attached hydrogens (primary N) is 1. The summed E-state index contributed by atoms with van der Waals surface area (Å²) in [4.78, 5) is 44.7. The van der Waals surface area contributed by atoms with Gasteiger partial charge in [0.15, 0.2) is 6.73 Å². The van der Waals surface area contributed by atoms with Crippen LogP contribution in [0.2, 0.25) is 0 Å². The number of ketones is 1. The molecule has 0 aliphatic rings. The monoisotopic (exact) mass is 882 g/mol. The fraction of sp³-hybridized carbons (Fsp3) is 0.655. The molecule has 2 heterocycles. The zero-order chi connectivity index (χ0) is 39.2. The number of carbonyl (C=O) groups excluding carboxylic acids is 4. The molecule has 0 bridgehead atoms. The minimum Gasteiger partial charge on any atom is -0.468 e. The second kappa shape index (κ2) is 28.2. The van der Waals surface area contributed by atoms with Crippen LogP contribution in [-0.4, -0.2) is 106 Å². The smallest absolute Gasteiger partial charge is 0.409 e. The average molecular weight is 886 g/mol. The number of aliphatic hydroxyl groups is 1. The maximum absolute atomic E-state index is 11.7. The summed E-state index contributed by atoms with van der Waals surface area (Å²) >= 11 is 33.8. The van der Waals surface area contributed by atoms with E-state index in [0.717, 1.165) is 34.3 Å². The molecular formula is C29H48Cl6N6O8S2. The predicted octanol–water partition coefficient (Wildman–Crippen LogP) is 6.10. The van der Waals surface area contributed by atoms with E-state index in [2.05, 4.69) is 25.0 Å². The van der Waals surface area contributed by atoms with Gasteiger partial charge in [0.05, 0.1) is 25.6 Å². The number of Topliss-reactive ketones (excluding diaryl/α,β-unsaturated/α-hetero) is 1. The molecule has 0 aromatic carbocycles. The van der Waals surface area contributed by atoms with Crippen molar-refractivity contribution in [2.45, 2.75) is 81.1 Å². The van der Waals surface area contributed by atoms with Crippen LogP contribution in [0.4, 0.5) is 4.79 Å². The molecule has 22 heteroatoms. The van der Waals surface area contributed by atoms with Crippen LogP contribution in [0.25, 0.3) is 0 Å². The molecule has 0 radical (unpaired) electrons. The van der Waals surface area contributed by atoms with E-state index in [1.54, 1.807) is 32.9 Å². The third-order valence-corrected chi connectivity index (χ3v) is 8.02. The van der Waals surface area contributed by atoms with E-state index in [1.807, 2.05) is 52.3 Å². The Morgan fingerprint density at radius 2 is 1.27 bits per heavy atom. The number of esters is 2. The Morgan fingerprint density at radius 3 is 1.59 bits per heavy atom. The number of hydrogen-bond donors (Lipinski definition) is 3. The van der Waals surface area contributed by atoms with Crippen LogP contribution in [0.1, 0.15) is 43.0 Å². The van der Waals surface area contributed by atoms with E-state index < -0.39 is 37.5 Å². The minimum absolute atomic E-state index is 0. The summed E-state index contributed by atoms with van der Waals surface area (Å²) in [6, 6.07) is 2.67. The first-order valence-corrected chi connectivity index (χ1v) is 19.3. The lowest BCUT2D eigenvalue weighted by Crippen LogP contribution is -2.42. The number of hydrogen-bond acceptors (Lipinski definition) is 13. The highest BCUT2D eigenvalue weighted by Crippen LogP contribution is 2.39. The second-order valence-corrected chi connectivity index (χ2v) is 16.3. The first-order valence-electron chi connectivity index (χ1n) is 14.2. The van der Waals surface area contributed by atoms with Crippen molar-refractivity contribution < 1.29 is 38.5 Å². The zero-order valence-electron chi connectivity index (χ0n) is 28.8. The van der Waals surface area contributed by atoms with Gasteiger partial charge in [0, 0.05) is 11.4 Å². The molecule has 0 saturated carbocycles. The first-order chi connectivity index (χ1) is 23.1. The van der Waals surface area contributed by atoms with E-state index in [9.17, 15) is 19.2 Å². The van der Waals surface area contributed by atoms with Gasteiger partial charge in [-0.1, -0.05) is 77.0 Å². The third kappa shape index (κ3) is 24.6. The maximum atomic E-state index is 11.7. The van der Waals surface area contributed by atoms with Crippen molar-refractivity contribution in [2.24, 2.45) is 5.73 Å². The molecule has 0 saturated heterocycles. The van der Waals surface area contributed by atoms with E-state index >= 15 is 0 Å². The number of aromatic nitrogens is 4. The first kappa shape index (κ1) is 54.0. The highest BCUT2D eigenvalue weighted by Gasteiger charge is 2.44. The number of halogens is 6. The van der Waals surface area contributed by atoms with Gasteiger partial charge in [-0.05, 0) is 76.7 Å². The zero-order valence-corrected chi connectivity index (χ0v) is 35.0. The minimum atomic E-state index is -2.18. The Morgan fingerprint density at radius 1 is 0.843 bits per heavy atom. The van der Waals surface area contributed by atoms with Crippen molar-refractivity contribution in [3.05, 3.63) is 34.9 Å². The Balaban J connectivity index is -0.000000650. The Bertz CT molecular complexity index is 1310. The average Bonchev–Trinajstić information content (AvgIpc) is 3.56. The van der Waals surface area contributed by atoms with E-state index in [1.165, 1.54) is 14.2 Å². The van der Waals surface area contributed by atoms with Crippen molar-refractivity contribution in [3.63, 3.8) is 0 Å². The van der Waals surface area contributed by atoms with Gasteiger partial charge in [0.25, 0.3) is 7.59 Å². The van der Waals surface area contributed by atoms with Gasteiger partial charge >= 0.3 is 18.0 Å². The lowest BCUT2D eigenvalue weighted by atomic mass is 10.2. The number of carbonyl (C=O) groups is 4. The van der Waals surface area contributed by atoms with Gasteiger partial charge in [0.2, 0.25) is 5.78 Å². The molecule has 2 atom stereocenters. The van der Waals surface area contributed by atoms with Gasteiger partial charge in [0.1, 0.15) is 18.8 Å². The quantitative estimate of drug-likeness (QED) is 0.126. The van der Waals surface area contributed by atoms with E-state index in [-0.39, 0.29) is 26.9 Å². The summed E-state index contributed by atoms with van der Waals surface area (Å²) in [6.45, 7) is 7.52. The van der Waals surface area contributed by atoms with Crippen molar-refractivity contribution >= 4 is 117 Å². The van der Waals surface area contributed by atoms with E-state index in [0.29, 0.717) is 12.8 Å². The number of alkyl halides is 6. The number of nitrogens with zero attached hydrogens (tertiary/aromatic N) is 4. The Kier molecular flexibility index (Phi) is 29.8. The number of nitrogens with one attached hydrogen (secondary N) is 1. The van der Waals surface area contributed by atoms with Gasteiger partial charge < -0.3 is 30.4 Å². The molecule has 14 nitrogen and oxygen atoms in total. The van der Waals surface area contributed by atoms with Crippen LogP contribution in [0.5, 0.6) is 0 Å². The highest BCUT2D eigenvalue weighted by atomic mass is 35.6. The standard InChI is InChI=1S/C13H21N3O4S.C6H10N2O.C6H13NO2S.C3Cl6O.CH4/c1-9-7-10(2)16(15-9)8-20-13(18)14-11(5-6-21-4)12(17)19-3;1-5-3-6(2)8(4-9)7-5;1-9-6(8)5(7)3-4-10-2;4-2(5,6)1(10)3(7,8)9;/h7,11H,5-6,8H2,1-4H3,(H,14,18);3,9H,4H2,1-2H3;5H,3-4,7H2,1-2H3;;1H4/t11-;;5-;;/m0.0../s1. The lowest BCUT2D eigenvalue weighted by Gasteiger charge is -2.16. The number of amides is 1. The van der Waals surface area contributed by atoms with Gasteiger partial charge in [-0.2, -0.15) is 33.7 Å². The summed E-state index contributed by atoms with van der Waals surface area (Å²) < 4.78 is 12.9. The Hall–Kier alpha value is -1.34. The molecular weight excluding hydrogens is 837 g/mol. The maximum Gasteiger partial charge on any atom is 0.409 e. The lowest BCUT2D eigenvalue weighted by molar-refractivity contribution is -0.143. The molecule has 2 aromatic rings. The molecule has 1 amide bonds. The summed E-state index contributed by atoms with van der Waals surface area (Å²) in [5.41, 5.74) is 9.11. The third-order valence-electron chi connectivity index (χ3n) is 5.70. The number of ether oxygens (including phenoxy) is 3. The highest BCUT2D eigenvalue weighted by molar-refractivity contribution is 7.98. The van der Waals surface area contributed by atoms with Gasteiger partial charge in [-0.3, -0.25) is 9.59 Å². The normalized spacial score (nSPS) is 11.8. The fourth-order valence-corrected chi connectivity index (χ4v) is 5.48. The number of thioether (sulfide) groups is 2. The Labute approximate surface area is 338 Å². The molecule has 4 N–H and O–H groups in total. The molecule has 0 unspecified atom stereocenters.